The average Bonchev–Trinajstić information content (AvgIpc) is 2.29. The fraction of sp³-hybridized carbons (Fsp3) is 0.917. The summed E-state index contributed by atoms with van der Waals surface area (Å²) in [7, 11) is 1.50. The van der Waals surface area contributed by atoms with Crippen molar-refractivity contribution in [3.8, 4) is 0 Å². The van der Waals surface area contributed by atoms with Crippen LogP contribution in [-0.4, -0.2) is 47.2 Å². The number of carboxylic acids is 1. The molecular weight excluding hydrogens is 224 g/mol. The molecule has 1 fully saturated rings. The molecule has 5 heteroatoms. The van der Waals surface area contributed by atoms with Crippen molar-refractivity contribution in [1.82, 2.24) is 0 Å². The van der Waals surface area contributed by atoms with Crippen LogP contribution in [0.5, 0.6) is 0 Å². The molecule has 0 amide bonds. The largest absolute Gasteiger partial charge is 0.479 e. The molecule has 0 aromatic carbocycles. The molecule has 1 rings (SSSR count). The molecule has 1 aliphatic rings. The summed E-state index contributed by atoms with van der Waals surface area (Å²) in [6.45, 7) is 3.27. The first-order valence-electron chi connectivity index (χ1n) is 6.06. The van der Waals surface area contributed by atoms with Gasteiger partial charge in [-0.15, -0.1) is 0 Å². The number of hydrogen-bond donors (Lipinski definition) is 2. The van der Waals surface area contributed by atoms with Crippen molar-refractivity contribution in [3.63, 3.8) is 0 Å². The minimum atomic E-state index is -1.32. The summed E-state index contributed by atoms with van der Waals surface area (Å²) in [5.74, 6) is -1.00. The number of carbonyl (C=O) groups is 1. The first-order valence-corrected chi connectivity index (χ1v) is 6.06. The minimum Gasteiger partial charge on any atom is -0.479 e. The minimum absolute atomic E-state index is 0.428. The lowest BCUT2D eigenvalue weighted by Gasteiger charge is -2.41. The van der Waals surface area contributed by atoms with Crippen LogP contribution in [-0.2, 0) is 14.3 Å². The van der Waals surface area contributed by atoms with Crippen molar-refractivity contribution >= 4 is 5.97 Å². The standard InChI is InChI=1S/C12H22O5/c1-8(13)9(2)17-12(11(14)15)7-5-4-6-10(12)16-3/h8-10,13H,4-7H2,1-3H3,(H,14,15). The van der Waals surface area contributed by atoms with Gasteiger partial charge in [0.15, 0.2) is 5.60 Å². The summed E-state index contributed by atoms with van der Waals surface area (Å²) in [5, 5.41) is 18.9. The zero-order valence-electron chi connectivity index (χ0n) is 10.7. The lowest BCUT2D eigenvalue weighted by atomic mass is 9.81. The summed E-state index contributed by atoms with van der Waals surface area (Å²) >= 11 is 0. The van der Waals surface area contributed by atoms with Crippen LogP contribution in [0.1, 0.15) is 39.5 Å². The highest BCUT2D eigenvalue weighted by atomic mass is 16.6. The van der Waals surface area contributed by atoms with Gasteiger partial charge in [-0.3, -0.25) is 0 Å². The Labute approximate surface area is 102 Å². The van der Waals surface area contributed by atoms with Crippen molar-refractivity contribution in [2.45, 2.75) is 63.4 Å². The number of aliphatic hydroxyl groups excluding tert-OH is 1. The number of carboxylic acid groups (broad SMARTS) is 1. The number of aliphatic hydroxyl groups is 1. The zero-order valence-corrected chi connectivity index (χ0v) is 10.7. The topological polar surface area (TPSA) is 76.0 Å². The number of methoxy groups -OCH3 is 1. The van der Waals surface area contributed by atoms with Gasteiger partial charge in [0, 0.05) is 7.11 Å². The van der Waals surface area contributed by atoms with Crippen LogP contribution in [0.3, 0.4) is 0 Å². The molecule has 0 aromatic rings. The highest BCUT2D eigenvalue weighted by Gasteiger charge is 2.50. The quantitative estimate of drug-likeness (QED) is 0.762. The van der Waals surface area contributed by atoms with Crippen LogP contribution < -0.4 is 0 Å². The first-order chi connectivity index (χ1) is 7.94. The monoisotopic (exact) mass is 246 g/mol. The van der Waals surface area contributed by atoms with Crippen molar-refractivity contribution in [2.24, 2.45) is 0 Å². The van der Waals surface area contributed by atoms with Gasteiger partial charge in [-0.1, -0.05) is 6.42 Å². The fourth-order valence-electron chi connectivity index (χ4n) is 2.28. The van der Waals surface area contributed by atoms with E-state index in [0.29, 0.717) is 12.8 Å². The predicted molar refractivity (Wildman–Crippen MR) is 61.9 cm³/mol. The van der Waals surface area contributed by atoms with Gasteiger partial charge in [0.1, 0.15) is 0 Å². The van der Waals surface area contributed by atoms with Gasteiger partial charge in [0.25, 0.3) is 0 Å². The van der Waals surface area contributed by atoms with E-state index in [4.69, 9.17) is 9.47 Å². The van der Waals surface area contributed by atoms with Gasteiger partial charge < -0.3 is 19.7 Å². The highest BCUT2D eigenvalue weighted by Crippen LogP contribution is 2.35. The van der Waals surface area contributed by atoms with Crippen molar-refractivity contribution in [1.29, 1.82) is 0 Å². The summed E-state index contributed by atoms with van der Waals surface area (Å²) < 4.78 is 10.9. The predicted octanol–water partition coefficient (Wildman–Crippen LogP) is 1.18. The Hall–Kier alpha value is -0.650. The average molecular weight is 246 g/mol. The van der Waals surface area contributed by atoms with Crippen LogP contribution in [0.15, 0.2) is 0 Å². The van der Waals surface area contributed by atoms with E-state index >= 15 is 0 Å². The van der Waals surface area contributed by atoms with E-state index in [2.05, 4.69) is 0 Å². The van der Waals surface area contributed by atoms with E-state index in [1.54, 1.807) is 13.8 Å². The molecule has 100 valence electrons. The molecule has 0 saturated heterocycles. The maximum absolute atomic E-state index is 11.5. The van der Waals surface area contributed by atoms with Gasteiger partial charge in [-0.2, -0.15) is 0 Å². The molecular formula is C12H22O5. The molecule has 2 N–H and O–H groups in total. The second-order valence-electron chi connectivity index (χ2n) is 4.73. The second-order valence-corrected chi connectivity index (χ2v) is 4.73. The SMILES string of the molecule is COC1CCCCC1(OC(C)C(C)O)C(=O)O. The van der Waals surface area contributed by atoms with Crippen molar-refractivity contribution in [3.05, 3.63) is 0 Å². The normalized spacial score (nSPS) is 33.1. The van der Waals surface area contributed by atoms with Crippen LogP contribution in [0.2, 0.25) is 0 Å². The molecule has 0 aliphatic heterocycles. The Kier molecular flexibility index (Phi) is 4.91. The molecule has 0 heterocycles. The summed E-state index contributed by atoms with van der Waals surface area (Å²) in [6.07, 6.45) is 1.17. The Bertz CT molecular complexity index is 266. The Morgan fingerprint density at radius 3 is 2.53 bits per heavy atom. The fourth-order valence-corrected chi connectivity index (χ4v) is 2.28. The molecule has 4 atom stereocenters. The molecule has 1 saturated carbocycles. The summed E-state index contributed by atoms with van der Waals surface area (Å²) in [4.78, 5) is 11.5. The number of ether oxygens (including phenoxy) is 2. The Morgan fingerprint density at radius 2 is 2.06 bits per heavy atom. The third-order valence-electron chi connectivity index (χ3n) is 3.51. The van der Waals surface area contributed by atoms with E-state index < -0.39 is 29.9 Å². The second kappa shape index (κ2) is 5.80. The lowest BCUT2D eigenvalue weighted by molar-refractivity contribution is -0.214. The molecule has 4 unspecified atom stereocenters. The van der Waals surface area contributed by atoms with Crippen LogP contribution in [0.25, 0.3) is 0 Å². The smallest absolute Gasteiger partial charge is 0.338 e. The van der Waals surface area contributed by atoms with Crippen molar-refractivity contribution < 1.29 is 24.5 Å². The summed E-state index contributed by atoms with van der Waals surface area (Å²) in [5.41, 5.74) is -1.32. The lowest BCUT2D eigenvalue weighted by Crippen LogP contribution is -2.56. The van der Waals surface area contributed by atoms with Gasteiger partial charge in [-0.25, -0.2) is 4.79 Å². The maximum Gasteiger partial charge on any atom is 0.338 e. The molecule has 0 bridgehead atoms. The van der Waals surface area contributed by atoms with E-state index in [1.165, 1.54) is 7.11 Å². The number of aliphatic carboxylic acids is 1. The van der Waals surface area contributed by atoms with Gasteiger partial charge in [0.05, 0.1) is 18.3 Å². The van der Waals surface area contributed by atoms with Gasteiger partial charge >= 0.3 is 5.97 Å². The van der Waals surface area contributed by atoms with Crippen LogP contribution in [0, 0.1) is 0 Å². The van der Waals surface area contributed by atoms with Gasteiger partial charge in [-0.05, 0) is 33.1 Å². The van der Waals surface area contributed by atoms with E-state index in [-0.39, 0.29) is 0 Å². The molecule has 0 aromatic heterocycles. The van der Waals surface area contributed by atoms with Crippen molar-refractivity contribution in [2.75, 3.05) is 7.11 Å². The van der Waals surface area contributed by atoms with Gasteiger partial charge in [0.2, 0.25) is 0 Å². The molecule has 0 spiro atoms. The highest BCUT2D eigenvalue weighted by molar-refractivity contribution is 5.78. The zero-order chi connectivity index (χ0) is 13.1. The van der Waals surface area contributed by atoms with E-state index in [9.17, 15) is 15.0 Å². The third-order valence-corrected chi connectivity index (χ3v) is 3.51. The maximum atomic E-state index is 11.5. The molecule has 5 nitrogen and oxygen atoms in total. The van der Waals surface area contributed by atoms with Crippen LogP contribution >= 0.6 is 0 Å². The number of hydrogen-bond acceptors (Lipinski definition) is 4. The molecule has 0 radical (unpaired) electrons. The summed E-state index contributed by atoms with van der Waals surface area (Å²) in [6, 6.07) is 0. The van der Waals surface area contributed by atoms with E-state index in [0.717, 1.165) is 12.8 Å². The van der Waals surface area contributed by atoms with Crippen LogP contribution in [0.4, 0.5) is 0 Å². The number of rotatable bonds is 5. The van der Waals surface area contributed by atoms with E-state index in [1.807, 2.05) is 0 Å². The molecule has 17 heavy (non-hydrogen) atoms. The third kappa shape index (κ3) is 2.97. The Morgan fingerprint density at radius 1 is 1.41 bits per heavy atom. The molecule has 1 aliphatic carbocycles. The first kappa shape index (κ1) is 14.4. The Balaban J connectivity index is 2.90.